The Balaban J connectivity index is 3.14. The van der Waals surface area contributed by atoms with Gasteiger partial charge in [0.05, 0.1) is 22.3 Å². The van der Waals surface area contributed by atoms with Crippen LogP contribution in [0.15, 0.2) is 36.4 Å². The number of benzene rings is 2. The van der Waals surface area contributed by atoms with E-state index in [1.807, 2.05) is 83.1 Å². The summed E-state index contributed by atoms with van der Waals surface area (Å²) in [6.45, 7) is 37.2. The summed E-state index contributed by atoms with van der Waals surface area (Å²) < 4.78 is 0. The monoisotopic (exact) mass is 871 g/mol. The minimum atomic E-state index is -1.44. The van der Waals surface area contributed by atoms with Crippen LogP contribution >= 0.6 is 0 Å². The standard InChI is InChI=1S/C49H74O13/c1-42(2,3)27-46(13,14)59-55-38(51)33-26-32(37(50)31-24-22-21-23-25-31)34(39(52)56-60-47(15,16)28-43(4,5)6)36(41(54)58-62-49(19,20)30-45(10,11)12)35(33)40(53)57-61-48(17,18)29-44(7,8)9/h21-26H,27-30H2,1-20H3. The lowest BCUT2D eigenvalue weighted by Crippen LogP contribution is -2.35. The average molecular weight is 871 g/mol. The first kappa shape index (κ1) is 54.0. The summed E-state index contributed by atoms with van der Waals surface area (Å²) in [7, 11) is 0. The molecule has 0 aliphatic heterocycles. The highest BCUT2D eigenvalue weighted by molar-refractivity contribution is 6.22. The molecule has 0 heterocycles. The van der Waals surface area contributed by atoms with E-state index < -0.39 is 79.9 Å². The molecule has 0 saturated heterocycles. The largest absolute Gasteiger partial charge is 0.374 e. The molecule has 0 saturated carbocycles. The Morgan fingerprint density at radius 1 is 0.371 bits per heavy atom. The second-order valence-electron chi connectivity index (χ2n) is 23.6. The van der Waals surface area contributed by atoms with Gasteiger partial charge in [0.2, 0.25) is 0 Å². The Kier molecular flexibility index (Phi) is 17.1. The molecule has 0 atom stereocenters. The molecule has 0 bridgehead atoms. The van der Waals surface area contributed by atoms with E-state index in [-0.39, 0.29) is 27.2 Å². The first-order valence-electron chi connectivity index (χ1n) is 21.1. The fraction of sp³-hybridized carbons (Fsp3) is 0.653. The summed E-state index contributed by atoms with van der Waals surface area (Å²) in [6.07, 6.45) is 1.61. The van der Waals surface area contributed by atoms with Crippen LogP contribution in [0.5, 0.6) is 0 Å². The Morgan fingerprint density at radius 3 is 0.952 bits per heavy atom. The van der Waals surface area contributed by atoms with Crippen LogP contribution in [0, 0.1) is 21.7 Å². The molecule has 0 aromatic heterocycles. The molecule has 0 radical (unpaired) electrons. The molecule has 2 aromatic rings. The molecule has 13 heteroatoms. The predicted octanol–water partition coefficient (Wildman–Crippen LogP) is 12.1. The lowest BCUT2D eigenvalue weighted by molar-refractivity contribution is -0.315. The predicted molar refractivity (Wildman–Crippen MR) is 235 cm³/mol. The number of hydrogen-bond donors (Lipinski definition) is 0. The number of carbonyl (C=O) groups is 5. The third kappa shape index (κ3) is 18.3. The third-order valence-corrected chi connectivity index (χ3v) is 8.64. The van der Waals surface area contributed by atoms with Gasteiger partial charge in [-0.3, -0.25) is 24.3 Å². The van der Waals surface area contributed by atoms with Crippen molar-refractivity contribution in [3.05, 3.63) is 69.8 Å². The Hall–Kier alpha value is -4.17. The minimum Gasteiger partial charge on any atom is -0.292 e. The zero-order chi connectivity index (χ0) is 48.1. The normalized spacial score (nSPS) is 13.4. The highest BCUT2D eigenvalue weighted by Crippen LogP contribution is 2.36. The van der Waals surface area contributed by atoms with Gasteiger partial charge in [-0.1, -0.05) is 113 Å². The van der Waals surface area contributed by atoms with Gasteiger partial charge >= 0.3 is 23.9 Å². The lowest BCUT2D eigenvalue weighted by Gasteiger charge is -2.31. The van der Waals surface area contributed by atoms with Crippen molar-refractivity contribution in [2.24, 2.45) is 21.7 Å². The van der Waals surface area contributed by atoms with E-state index in [9.17, 15) is 24.0 Å². The molecule has 0 aliphatic carbocycles. The smallest absolute Gasteiger partial charge is 0.292 e. The van der Waals surface area contributed by atoms with Gasteiger partial charge in [-0.15, -0.1) is 0 Å². The number of ketones is 1. The van der Waals surface area contributed by atoms with Crippen molar-refractivity contribution < 1.29 is 63.1 Å². The van der Waals surface area contributed by atoms with Crippen molar-refractivity contribution in [1.29, 1.82) is 0 Å². The fourth-order valence-electron chi connectivity index (χ4n) is 8.40. The number of rotatable bonds is 18. The van der Waals surface area contributed by atoms with Crippen molar-refractivity contribution in [1.82, 2.24) is 0 Å². The summed E-state index contributed by atoms with van der Waals surface area (Å²) >= 11 is 0. The number of carbonyl (C=O) groups excluding carboxylic acids is 5. The molecule has 0 unspecified atom stereocenters. The van der Waals surface area contributed by atoms with Gasteiger partial charge in [-0.05, 0) is 109 Å². The zero-order valence-electron chi connectivity index (χ0n) is 41.1. The van der Waals surface area contributed by atoms with Gasteiger partial charge in [0.1, 0.15) is 22.4 Å². The Labute approximate surface area is 369 Å². The summed E-state index contributed by atoms with van der Waals surface area (Å²) in [5.41, 5.74) is -9.17. The second kappa shape index (κ2) is 19.7. The topological polar surface area (TPSA) is 159 Å². The molecule has 0 N–H and O–H groups in total. The van der Waals surface area contributed by atoms with E-state index >= 15 is 0 Å². The molecule has 0 aliphatic rings. The fourth-order valence-corrected chi connectivity index (χ4v) is 8.40. The van der Waals surface area contributed by atoms with Crippen LogP contribution in [0.1, 0.15) is 222 Å². The third-order valence-electron chi connectivity index (χ3n) is 8.64. The summed E-state index contributed by atoms with van der Waals surface area (Å²) in [5, 5.41) is 0. The highest BCUT2D eigenvalue weighted by atomic mass is 17.2. The van der Waals surface area contributed by atoms with Crippen molar-refractivity contribution in [2.75, 3.05) is 0 Å². The molecule has 2 rings (SSSR count). The maximum atomic E-state index is 14.7. The van der Waals surface area contributed by atoms with Crippen LogP contribution in [0.3, 0.4) is 0 Å². The van der Waals surface area contributed by atoms with Crippen molar-refractivity contribution in [3.63, 3.8) is 0 Å². The molecule has 2 aromatic carbocycles. The van der Waals surface area contributed by atoms with Crippen molar-refractivity contribution >= 4 is 29.7 Å². The Morgan fingerprint density at radius 2 is 0.645 bits per heavy atom. The molecule has 0 fully saturated rings. The van der Waals surface area contributed by atoms with Crippen molar-refractivity contribution in [3.8, 4) is 0 Å². The van der Waals surface area contributed by atoms with E-state index in [1.54, 1.807) is 73.6 Å². The Bertz CT molecular complexity index is 1910. The van der Waals surface area contributed by atoms with E-state index in [0.29, 0.717) is 25.7 Å². The van der Waals surface area contributed by atoms with Crippen LogP contribution in [-0.2, 0) is 39.1 Å². The van der Waals surface area contributed by atoms with Crippen LogP contribution in [-0.4, -0.2) is 52.1 Å². The maximum absolute atomic E-state index is 14.7. The minimum absolute atomic E-state index is 0.0573. The summed E-state index contributed by atoms with van der Waals surface area (Å²) in [5.74, 6) is -6.35. The second-order valence-corrected chi connectivity index (χ2v) is 23.6. The summed E-state index contributed by atoms with van der Waals surface area (Å²) in [4.78, 5) is 117. The molecule has 0 spiro atoms. The molecule has 62 heavy (non-hydrogen) atoms. The summed E-state index contributed by atoms with van der Waals surface area (Å²) in [6, 6.07) is 8.75. The van der Waals surface area contributed by atoms with Crippen molar-refractivity contribution in [2.45, 2.75) is 187 Å². The van der Waals surface area contributed by atoms with E-state index in [2.05, 4.69) is 0 Å². The molecule has 13 nitrogen and oxygen atoms in total. The lowest BCUT2D eigenvalue weighted by atomic mass is 9.84. The van der Waals surface area contributed by atoms with Gasteiger partial charge in [0, 0.05) is 11.1 Å². The molecule has 0 amide bonds. The van der Waals surface area contributed by atoms with Crippen LogP contribution < -0.4 is 0 Å². The maximum Gasteiger partial charge on any atom is 0.374 e. The average Bonchev–Trinajstić information content (AvgIpc) is 3.06. The van der Waals surface area contributed by atoms with Crippen LogP contribution in [0.25, 0.3) is 0 Å². The van der Waals surface area contributed by atoms with Crippen LogP contribution in [0.4, 0.5) is 0 Å². The zero-order valence-corrected chi connectivity index (χ0v) is 41.1. The highest BCUT2D eigenvalue weighted by Gasteiger charge is 2.42. The molecular formula is C49H74O13. The van der Waals surface area contributed by atoms with Gasteiger partial charge in [-0.25, -0.2) is 19.2 Å². The van der Waals surface area contributed by atoms with Gasteiger partial charge in [0.25, 0.3) is 0 Å². The van der Waals surface area contributed by atoms with Crippen LogP contribution in [0.2, 0.25) is 0 Å². The first-order valence-corrected chi connectivity index (χ1v) is 21.1. The SMILES string of the molecule is CC(C)(C)CC(C)(C)OOC(=O)c1cc(C(=O)c2ccccc2)c(C(=O)OOC(C)(C)CC(C)(C)C)c(C(=O)OOC(C)(C)CC(C)(C)C)c1C(=O)OOC(C)(C)CC(C)(C)C. The van der Waals surface area contributed by atoms with Gasteiger partial charge in [-0.2, -0.15) is 19.6 Å². The van der Waals surface area contributed by atoms with E-state index in [0.717, 1.165) is 6.07 Å². The van der Waals surface area contributed by atoms with E-state index in [1.165, 1.54) is 12.1 Å². The molecular weight excluding hydrogens is 797 g/mol. The van der Waals surface area contributed by atoms with Gasteiger partial charge < -0.3 is 0 Å². The number of hydrogen-bond acceptors (Lipinski definition) is 13. The van der Waals surface area contributed by atoms with E-state index in [4.69, 9.17) is 39.1 Å². The first-order chi connectivity index (χ1) is 27.7. The van der Waals surface area contributed by atoms with Gasteiger partial charge in [0.15, 0.2) is 5.78 Å². The quantitative estimate of drug-likeness (QED) is 0.0792. The molecule has 348 valence electrons.